The summed E-state index contributed by atoms with van der Waals surface area (Å²) in [6.07, 6.45) is 2.08. The van der Waals surface area contributed by atoms with Crippen molar-refractivity contribution in [3.8, 4) is 0 Å². The van der Waals surface area contributed by atoms with E-state index in [-0.39, 0.29) is 17.8 Å². The van der Waals surface area contributed by atoms with Gasteiger partial charge in [-0.05, 0) is 13.8 Å². The van der Waals surface area contributed by atoms with Gasteiger partial charge in [0.1, 0.15) is 0 Å². The van der Waals surface area contributed by atoms with Gasteiger partial charge in [0.05, 0.1) is 12.2 Å². The van der Waals surface area contributed by atoms with Crippen LogP contribution in [0.5, 0.6) is 0 Å². The van der Waals surface area contributed by atoms with E-state index >= 15 is 0 Å². The molecule has 1 aliphatic rings. The molecule has 1 aliphatic heterocycles. The second-order valence-corrected chi connectivity index (χ2v) is 6.73. The van der Waals surface area contributed by atoms with Gasteiger partial charge in [-0.1, -0.05) is 11.3 Å². The van der Waals surface area contributed by atoms with Crippen molar-refractivity contribution in [1.29, 1.82) is 0 Å². The average Bonchev–Trinajstić information content (AvgIpc) is 2.89. The number of fused-ring (bicyclic) bond motifs is 1. The van der Waals surface area contributed by atoms with Gasteiger partial charge in [-0.25, -0.2) is 4.98 Å². The standard InChI is InChI=1S/C14H21N5O2S/c1-10-8-18(9-11(2)21-10)7-6-17(3)14-16-19-12(20)4-5-15-13(19)22-14/h4-5,10-11H,6-9H2,1-3H3/t10-,11+. The Kier molecular flexibility index (Phi) is 4.42. The maximum Gasteiger partial charge on any atom is 0.275 e. The highest BCUT2D eigenvalue weighted by atomic mass is 32.1. The Hall–Kier alpha value is -1.51. The van der Waals surface area contributed by atoms with Crippen LogP contribution in [0.4, 0.5) is 5.13 Å². The highest BCUT2D eigenvalue weighted by Crippen LogP contribution is 2.19. The van der Waals surface area contributed by atoms with E-state index in [1.54, 1.807) is 0 Å². The number of aromatic nitrogens is 3. The highest BCUT2D eigenvalue weighted by Gasteiger charge is 2.22. The van der Waals surface area contributed by atoms with Crippen LogP contribution in [-0.4, -0.2) is 64.9 Å². The molecule has 3 heterocycles. The van der Waals surface area contributed by atoms with Crippen LogP contribution >= 0.6 is 11.3 Å². The van der Waals surface area contributed by atoms with Crippen molar-refractivity contribution in [2.75, 3.05) is 38.1 Å². The molecule has 0 aromatic carbocycles. The molecule has 1 fully saturated rings. The van der Waals surface area contributed by atoms with Crippen molar-refractivity contribution in [2.24, 2.45) is 0 Å². The van der Waals surface area contributed by atoms with Gasteiger partial charge in [0.2, 0.25) is 10.1 Å². The molecule has 8 heteroatoms. The molecule has 120 valence electrons. The highest BCUT2D eigenvalue weighted by molar-refractivity contribution is 7.20. The van der Waals surface area contributed by atoms with Crippen LogP contribution in [0.1, 0.15) is 13.8 Å². The third-order valence-electron chi connectivity index (χ3n) is 3.73. The first-order valence-electron chi connectivity index (χ1n) is 7.47. The predicted molar refractivity (Wildman–Crippen MR) is 86.9 cm³/mol. The molecule has 0 N–H and O–H groups in total. The summed E-state index contributed by atoms with van der Waals surface area (Å²) < 4.78 is 7.11. The molecule has 1 saturated heterocycles. The van der Waals surface area contributed by atoms with Gasteiger partial charge in [0, 0.05) is 45.5 Å². The number of likely N-dealkylation sites (N-methyl/N-ethyl adjacent to an activating group) is 1. The van der Waals surface area contributed by atoms with Crippen LogP contribution < -0.4 is 10.5 Å². The second-order valence-electron chi connectivity index (χ2n) is 5.80. The van der Waals surface area contributed by atoms with Gasteiger partial charge in [-0.15, -0.1) is 5.10 Å². The average molecular weight is 323 g/mol. The molecule has 3 rings (SSSR count). The quantitative estimate of drug-likeness (QED) is 0.825. The normalized spacial score (nSPS) is 23.0. The van der Waals surface area contributed by atoms with Crippen molar-refractivity contribution in [1.82, 2.24) is 19.5 Å². The molecule has 0 aliphatic carbocycles. The maximum absolute atomic E-state index is 11.7. The maximum atomic E-state index is 11.7. The Balaban J connectivity index is 1.64. The third kappa shape index (κ3) is 3.29. The fourth-order valence-corrected chi connectivity index (χ4v) is 3.61. The molecule has 0 saturated carbocycles. The van der Waals surface area contributed by atoms with Gasteiger partial charge in [0.25, 0.3) is 5.56 Å². The molecule has 22 heavy (non-hydrogen) atoms. The van der Waals surface area contributed by atoms with E-state index in [2.05, 4.69) is 33.7 Å². The first-order valence-corrected chi connectivity index (χ1v) is 8.28. The Morgan fingerprint density at radius 2 is 2.14 bits per heavy atom. The molecule has 7 nitrogen and oxygen atoms in total. The number of ether oxygens (including phenoxy) is 1. The molecule has 2 aromatic heterocycles. The molecule has 2 aromatic rings. The van der Waals surface area contributed by atoms with Crippen molar-refractivity contribution < 1.29 is 4.74 Å². The topological polar surface area (TPSA) is 63.0 Å². The van der Waals surface area contributed by atoms with E-state index in [0.717, 1.165) is 31.3 Å². The minimum Gasteiger partial charge on any atom is -0.373 e. The number of morpholine rings is 1. The summed E-state index contributed by atoms with van der Waals surface area (Å²) in [5.41, 5.74) is -0.142. The number of nitrogens with zero attached hydrogens (tertiary/aromatic N) is 5. The Morgan fingerprint density at radius 1 is 1.41 bits per heavy atom. The zero-order chi connectivity index (χ0) is 15.7. The van der Waals surface area contributed by atoms with E-state index in [4.69, 9.17) is 4.74 Å². The number of rotatable bonds is 4. The monoisotopic (exact) mass is 323 g/mol. The predicted octanol–water partition coefficient (Wildman–Crippen LogP) is 0.696. The van der Waals surface area contributed by atoms with Crippen LogP contribution in [-0.2, 0) is 4.74 Å². The smallest absolute Gasteiger partial charge is 0.275 e. The summed E-state index contributed by atoms with van der Waals surface area (Å²) in [6.45, 7) is 7.94. The molecular weight excluding hydrogens is 302 g/mol. The summed E-state index contributed by atoms with van der Waals surface area (Å²) in [6, 6.07) is 1.42. The Labute approximate surface area is 133 Å². The molecular formula is C14H21N5O2S. The lowest BCUT2D eigenvalue weighted by molar-refractivity contribution is -0.0670. The second kappa shape index (κ2) is 6.31. The SMILES string of the molecule is C[C@@H]1CN(CCN(C)c2nn3c(=O)ccnc3s2)C[C@H](C)O1. The zero-order valence-corrected chi connectivity index (χ0v) is 13.9. The molecule has 2 atom stereocenters. The van der Waals surface area contributed by atoms with E-state index in [1.165, 1.54) is 28.1 Å². The van der Waals surface area contributed by atoms with Crippen LogP contribution in [0.2, 0.25) is 0 Å². The van der Waals surface area contributed by atoms with Crippen molar-refractivity contribution >= 4 is 21.4 Å². The third-order valence-corrected chi connectivity index (χ3v) is 4.77. The van der Waals surface area contributed by atoms with Crippen LogP contribution in [0.25, 0.3) is 4.96 Å². The van der Waals surface area contributed by atoms with E-state index in [1.807, 2.05) is 7.05 Å². The minimum atomic E-state index is -0.142. The van der Waals surface area contributed by atoms with Crippen molar-refractivity contribution in [3.05, 3.63) is 22.6 Å². The number of anilines is 1. The van der Waals surface area contributed by atoms with Gasteiger partial charge in [0.15, 0.2) is 0 Å². The molecule has 0 spiro atoms. The summed E-state index contributed by atoms with van der Waals surface area (Å²) in [5.74, 6) is 0. The van der Waals surface area contributed by atoms with Gasteiger partial charge >= 0.3 is 0 Å². The number of hydrogen-bond acceptors (Lipinski definition) is 7. The first kappa shape index (κ1) is 15.4. The molecule has 0 amide bonds. The van der Waals surface area contributed by atoms with Crippen LogP contribution in [0, 0.1) is 0 Å². The summed E-state index contributed by atoms with van der Waals surface area (Å²) in [7, 11) is 2.00. The van der Waals surface area contributed by atoms with Crippen LogP contribution in [0.15, 0.2) is 17.1 Å². The lowest BCUT2D eigenvalue weighted by atomic mass is 10.2. The Bertz CT molecular complexity index is 690. The molecule has 0 bridgehead atoms. The fourth-order valence-electron chi connectivity index (χ4n) is 2.74. The van der Waals surface area contributed by atoms with Gasteiger partial charge in [-0.3, -0.25) is 9.69 Å². The van der Waals surface area contributed by atoms with Crippen molar-refractivity contribution in [2.45, 2.75) is 26.1 Å². The van der Waals surface area contributed by atoms with E-state index < -0.39 is 0 Å². The first-order chi connectivity index (χ1) is 10.5. The Morgan fingerprint density at radius 3 is 2.82 bits per heavy atom. The van der Waals surface area contributed by atoms with Gasteiger partial charge < -0.3 is 9.64 Å². The van der Waals surface area contributed by atoms with Crippen LogP contribution in [0.3, 0.4) is 0 Å². The summed E-state index contributed by atoms with van der Waals surface area (Å²) >= 11 is 1.43. The minimum absolute atomic E-state index is 0.142. The number of hydrogen-bond donors (Lipinski definition) is 0. The fraction of sp³-hybridized carbons (Fsp3) is 0.643. The lowest BCUT2D eigenvalue weighted by Gasteiger charge is -2.36. The van der Waals surface area contributed by atoms with E-state index in [0.29, 0.717) is 4.96 Å². The molecule has 0 radical (unpaired) electrons. The van der Waals surface area contributed by atoms with E-state index in [9.17, 15) is 4.79 Å². The zero-order valence-electron chi connectivity index (χ0n) is 13.1. The molecule has 0 unspecified atom stereocenters. The summed E-state index contributed by atoms with van der Waals surface area (Å²) in [5, 5.41) is 5.16. The van der Waals surface area contributed by atoms with Crippen molar-refractivity contribution in [3.63, 3.8) is 0 Å². The van der Waals surface area contributed by atoms with Gasteiger partial charge in [-0.2, -0.15) is 4.52 Å². The lowest BCUT2D eigenvalue weighted by Crippen LogP contribution is -2.47. The summed E-state index contributed by atoms with van der Waals surface area (Å²) in [4.78, 5) is 21.0. The largest absolute Gasteiger partial charge is 0.373 e.